The van der Waals surface area contributed by atoms with Gasteiger partial charge in [-0.3, -0.25) is 0 Å². The summed E-state index contributed by atoms with van der Waals surface area (Å²) in [6.45, 7) is 2.08. The lowest BCUT2D eigenvalue weighted by Crippen LogP contribution is -1.70. The fourth-order valence-corrected chi connectivity index (χ4v) is 1.74. The molecule has 0 spiro atoms. The van der Waals surface area contributed by atoms with Gasteiger partial charge >= 0.3 is 0 Å². The Balaban J connectivity index is 0.000000149. The monoisotopic (exact) mass is 236 g/mol. The molecule has 90 valence electrons. The molecule has 0 aromatic heterocycles. The first-order chi connectivity index (χ1) is 8.77. The van der Waals surface area contributed by atoms with Gasteiger partial charge in [0.2, 0.25) is 0 Å². The van der Waals surface area contributed by atoms with E-state index in [1.165, 1.54) is 5.56 Å². The number of phenolic OH excluding ortho intramolecular Hbond substituents is 1. The lowest BCUT2D eigenvalue weighted by molar-refractivity contribution is 0.481. The Labute approximate surface area is 107 Å². The average Bonchev–Trinajstić information content (AvgIpc) is 2.41. The van der Waals surface area contributed by atoms with Crippen LogP contribution in [-0.2, 0) is 0 Å². The molecule has 0 radical (unpaired) electrons. The van der Waals surface area contributed by atoms with Crippen LogP contribution in [0, 0.1) is 6.92 Å². The molecule has 0 amide bonds. The summed E-state index contributed by atoms with van der Waals surface area (Å²) in [5, 5.41) is 11.4. The molecular weight excluding hydrogens is 220 g/mol. The molecule has 3 aromatic rings. The van der Waals surface area contributed by atoms with Crippen LogP contribution in [0.5, 0.6) is 5.75 Å². The zero-order chi connectivity index (χ0) is 12.8. The standard InChI is InChI=1S/C10H8O.C7H8/c11-10-7-3-5-8-4-1-2-6-9(8)10;1-7-5-3-2-4-6-7/h1-7,11H;2-6H,1H3. The zero-order valence-electron chi connectivity index (χ0n) is 10.4. The molecule has 0 atom stereocenters. The van der Waals surface area contributed by atoms with E-state index in [1.54, 1.807) is 6.07 Å². The first-order valence-electron chi connectivity index (χ1n) is 5.96. The molecule has 1 nitrogen and oxygen atoms in total. The van der Waals surface area contributed by atoms with E-state index >= 15 is 0 Å². The maximum Gasteiger partial charge on any atom is 0.123 e. The maximum absolute atomic E-state index is 9.37. The van der Waals surface area contributed by atoms with Gasteiger partial charge in [0.05, 0.1) is 0 Å². The van der Waals surface area contributed by atoms with Crippen LogP contribution in [0.25, 0.3) is 10.8 Å². The summed E-state index contributed by atoms with van der Waals surface area (Å²) >= 11 is 0. The smallest absolute Gasteiger partial charge is 0.123 e. The number of aromatic hydroxyl groups is 1. The summed E-state index contributed by atoms with van der Waals surface area (Å²) in [6.07, 6.45) is 0. The topological polar surface area (TPSA) is 20.2 Å². The zero-order valence-corrected chi connectivity index (χ0v) is 10.4. The number of rotatable bonds is 0. The summed E-state index contributed by atoms with van der Waals surface area (Å²) in [5.74, 6) is 0.350. The quantitative estimate of drug-likeness (QED) is 0.607. The number of hydrogen-bond donors (Lipinski definition) is 1. The Morgan fingerprint density at radius 3 is 1.89 bits per heavy atom. The molecule has 0 unspecified atom stereocenters. The van der Waals surface area contributed by atoms with Crippen LogP contribution in [0.3, 0.4) is 0 Å². The van der Waals surface area contributed by atoms with Crippen LogP contribution in [0.15, 0.2) is 72.8 Å². The Morgan fingerprint density at radius 1 is 0.667 bits per heavy atom. The van der Waals surface area contributed by atoms with Crippen LogP contribution in [-0.4, -0.2) is 5.11 Å². The van der Waals surface area contributed by atoms with E-state index in [0.717, 1.165) is 10.8 Å². The molecule has 0 saturated heterocycles. The van der Waals surface area contributed by atoms with Crippen LogP contribution < -0.4 is 0 Å². The third kappa shape index (κ3) is 3.11. The molecule has 3 rings (SSSR count). The summed E-state index contributed by atoms with van der Waals surface area (Å²) in [5.41, 5.74) is 1.32. The number of hydrogen-bond acceptors (Lipinski definition) is 1. The number of aryl methyl sites for hydroxylation is 1. The number of fused-ring (bicyclic) bond motifs is 1. The Bertz CT molecular complexity index is 609. The Morgan fingerprint density at radius 2 is 1.28 bits per heavy atom. The largest absolute Gasteiger partial charge is 0.507 e. The average molecular weight is 236 g/mol. The predicted octanol–water partition coefficient (Wildman–Crippen LogP) is 4.54. The van der Waals surface area contributed by atoms with Crippen molar-refractivity contribution in [2.24, 2.45) is 0 Å². The molecule has 0 bridgehead atoms. The van der Waals surface area contributed by atoms with Crippen molar-refractivity contribution in [1.29, 1.82) is 0 Å². The molecule has 0 aliphatic carbocycles. The highest BCUT2D eigenvalue weighted by molar-refractivity contribution is 5.87. The molecule has 0 aliphatic heterocycles. The van der Waals surface area contributed by atoms with Crippen LogP contribution >= 0.6 is 0 Å². The van der Waals surface area contributed by atoms with Crippen LogP contribution in [0.4, 0.5) is 0 Å². The summed E-state index contributed by atoms with van der Waals surface area (Å²) in [4.78, 5) is 0. The second kappa shape index (κ2) is 5.87. The predicted molar refractivity (Wildman–Crippen MR) is 76.8 cm³/mol. The first kappa shape index (κ1) is 12.2. The molecule has 18 heavy (non-hydrogen) atoms. The molecule has 0 heterocycles. The van der Waals surface area contributed by atoms with Gasteiger partial charge in [0.25, 0.3) is 0 Å². The van der Waals surface area contributed by atoms with Crippen molar-refractivity contribution in [2.45, 2.75) is 6.92 Å². The summed E-state index contributed by atoms with van der Waals surface area (Å²) in [7, 11) is 0. The van der Waals surface area contributed by atoms with Crippen molar-refractivity contribution in [2.75, 3.05) is 0 Å². The second-order valence-electron chi connectivity index (χ2n) is 4.15. The number of phenols is 1. The van der Waals surface area contributed by atoms with E-state index in [-0.39, 0.29) is 0 Å². The van der Waals surface area contributed by atoms with Gasteiger partial charge in [-0.15, -0.1) is 0 Å². The third-order valence-electron chi connectivity index (χ3n) is 2.71. The Hall–Kier alpha value is -2.28. The van der Waals surface area contributed by atoms with Crippen molar-refractivity contribution in [3.8, 4) is 5.75 Å². The molecular formula is C17H16O. The van der Waals surface area contributed by atoms with E-state index in [2.05, 4.69) is 19.1 Å². The lowest BCUT2D eigenvalue weighted by atomic mass is 10.1. The van der Waals surface area contributed by atoms with E-state index in [1.807, 2.05) is 54.6 Å². The minimum atomic E-state index is 0.350. The maximum atomic E-state index is 9.37. The van der Waals surface area contributed by atoms with Gasteiger partial charge in [0.15, 0.2) is 0 Å². The lowest BCUT2D eigenvalue weighted by Gasteiger charge is -1.97. The highest BCUT2D eigenvalue weighted by Gasteiger charge is 1.94. The molecule has 3 aromatic carbocycles. The van der Waals surface area contributed by atoms with Gasteiger partial charge < -0.3 is 5.11 Å². The molecule has 0 fully saturated rings. The SMILES string of the molecule is Cc1ccccc1.Oc1cccc2ccccc12. The van der Waals surface area contributed by atoms with Gasteiger partial charge in [-0.1, -0.05) is 72.3 Å². The van der Waals surface area contributed by atoms with Crippen LogP contribution in [0.1, 0.15) is 5.56 Å². The van der Waals surface area contributed by atoms with E-state index in [9.17, 15) is 5.11 Å². The third-order valence-corrected chi connectivity index (χ3v) is 2.71. The first-order valence-corrected chi connectivity index (χ1v) is 5.96. The highest BCUT2D eigenvalue weighted by Crippen LogP contribution is 2.22. The van der Waals surface area contributed by atoms with Gasteiger partial charge in [-0.25, -0.2) is 0 Å². The second-order valence-corrected chi connectivity index (χ2v) is 4.15. The Kier molecular flexibility index (Phi) is 3.98. The van der Waals surface area contributed by atoms with Gasteiger partial charge in [-0.05, 0) is 18.4 Å². The van der Waals surface area contributed by atoms with Crippen molar-refractivity contribution in [1.82, 2.24) is 0 Å². The van der Waals surface area contributed by atoms with Crippen LogP contribution in [0.2, 0.25) is 0 Å². The molecule has 1 heteroatoms. The van der Waals surface area contributed by atoms with Crippen molar-refractivity contribution in [3.05, 3.63) is 78.4 Å². The van der Waals surface area contributed by atoms with Crippen molar-refractivity contribution < 1.29 is 5.11 Å². The van der Waals surface area contributed by atoms with Gasteiger partial charge in [-0.2, -0.15) is 0 Å². The molecule has 0 aliphatic rings. The molecule has 0 saturated carbocycles. The normalized spacial score (nSPS) is 9.61. The number of benzene rings is 3. The minimum absolute atomic E-state index is 0.350. The summed E-state index contributed by atoms with van der Waals surface area (Å²) < 4.78 is 0. The highest BCUT2D eigenvalue weighted by atomic mass is 16.3. The van der Waals surface area contributed by atoms with E-state index in [0.29, 0.717) is 5.75 Å². The van der Waals surface area contributed by atoms with E-state index in [4.69, 9.17) is 0 Å². The fourth-order valence-electron chi connectivity index (χ4n) is 1.74. The van der Waals surface area contributed by atoms with Gasteiger partial charge in [0, 0.05) is 5.39 Å². The minimum Gasteiger partial charge on any atom is -0.507 e. The molecule has 1 N–H and O–H groups in total. The summed E-state index contributed by atoms with van der Waals surface area (Å²) in [6, 6.07) is 23.6. The van der Waals surface area contributed by atoms with Gasteiger partial charge in [0.1, 0.15) is 5.75 Å². The van der Waals surface area contributed by atoms with Crippen molar-refractivity contribution in [3.63, 3.8) is 0 Å². The fraction of sp³-hybridized carbons (Fsp3) is 0.0588. The van der Waals surface area contributed by atoms with Crippen molar-refractivity contribution >= 4 is 10.8 Å². The van der Waals surface area contributed by atoms with E-state index < -0.39 is 0 Å².